The molecule has 10 heteroatoms. The lowest BCUT2D eigenvalue weighted by Crippen LogP contribution is -2.48. The van der Waals surface area contributed by atoms with Gasteiger partial charge in [0.2, 0.25) is 0 Å². The van der Waals surface area contributed by atoms with E-state index in [-0.39, 0.29) is 5.91 Å². The standard InChI is InChI=1S/C29H29N5O4S/c1-5-19-10-11-23(36-3)25(16-19)39-32-28-27-24(37-4)18-22(30-29(27)38-31-28)20-8-7-9-21(17-20)33-12-14-34(15-13-33)26(35)6-2/h2,7-11,16-18H,5,12-15H2,1,3-4H3,(H,31,32). The third-order valence-corrected chi connectivity index (χ3v) is 7.56. The van der Waals surface area contributed by atoms with Crippen LogP contribution >= 0.6 is 11.9 Å². The maximum atomic E-state index is 11.8. The molecule has 1 fully saturated rings. The quantitative estimate of drug-likeness (QED) is 0.247. The largest absolute Gasteiger partial charge is 0.496 e. The van der Waals surface area contributed by atoms with Crippen molar-refractivity contribution in [1.29, 1.82) is 0 Å². The predicted molar refractivity (Wildman–Crippen MR) is 153 cm³/mol. The van der Waals surface area contributed by atoms with Crippen molar-refractivity contribution in [3.63, 3.8) is 0 Å². The van der Waals surface area contributed by atoms with Crippen LogP contribution < -0.4 is 19.1 Å². The van der Waals surface area contributed by atoms with Gasteiger partial charge in [-0.1, -0.05) is 30.3 Å². The van der Waals surface area contributed by atoms with Crippen molar-refractivity contribution < 1.29 is 18.8 Å². The molecule has 1 N–H and O–H groups in total. The van der Waals surface area contributed by atoms with Crippen LogP contribution in [0.25, 0.3) is 22.4 Å². The van der Waals surface area contributed by atoms with Crippen LogP contribution in [-0.2, 0) is 11.2 Å². The fraction of sp³-hybridized carbons (Fsp3) is 0.276. The number of ether oxygens (including phenoxy) is 2. The van der Waals surface area contributed by atoms with Gasteiger partial charge in [0.15, 0.2) is 5.82 Å². The van der Waals surface area contributed by atoms with Gasteiger partial charge in [-0.15, -0.1) is 6.42 Å². The number of hydrogen-bond donors (Lipinski definition) is 1. The Morgan fingerprint density at radius 1 is 1.10 bits per heavy atom. The Labute approximate surface area is 231 Å². The molecule has 0 bridgehead atoms. The normalized spacial score (nSPS) is 13.3. The van der Waals surface area contributed by atoms with E-state index in [1.165, 1.54) is 17.5 Å². The van der Waals surface area contributed by atoms with E-state index in [4.69, 9.17) is 25.4 Å². The Bertz CT molecular complexity index is 1540. The maximum Gasteiger partial charge on any atom is 0.298 e. The summed E-state index contributed by atoms with van der Waals surface area (Å²) in [6.45, 7) is 4.69. The van der Waals surface area contributed by atoms with Gasteiger partial charge in [0.25, 0.3) is 11.6 Å². The van der Waals surface area contributed by atoms with Crippen LogP contribution in [0, 0.1) is 12.3 Å². The second kappa shape index (κ2) is 11.6. The number of rotatable bonds is 8. The number of nitrogens with one attached hydrogen (secondary N) is 1. The van der Waals surface area contributed by atoms with Crippen molar-refractivity contribution >= 4 is 40.5 Å². The number of piperazine rings is 1. The molecule has 39 heavy (non-hydrogen) atoms. The molecule has 0 saturated carbocycles. The molecular formula is C29H29N5O4S. The smallest absolute Gasteiger partial charge is 0.298 e. The van der Waals surface area contributed by atoms with Crippen LogP contribution in [0.3, 0.4) is 0 Å². The third kappa shape index (κ3) is 5.45. The van der Waals surface area contributed by atoms with Gasteiger partial charge in [-0.05, 0) is 54.1 Å². The monoisotopic (exact) mass is 543 g/mol. The lowest BCUT2D eigenvalue weighted by molar-refractivity contribution is -0.125. The highest BCUT2D eigenvalue weighted by Gasteiger charge is 2.22. The minimum absolute atomic E-state index is 0.263. The minimum Gasteiger partial charge on any atom is -0.496 e. The summed E-state index contributed by atoms with van der Waals surface area (Å²) >= 11 is 1.39. The number of terminal acetylenes is 1. The van der Waals surface area contributed by atoms with E-state index in [0.29, 0.717) is 54.5 Å². The molecule has 200 valence electrons. The van der Waals surface area contributed by atoms with Crippen molar-refractivity contribution in [3.05, 3.63) is 54.1 Å². The fourth-order valence-corrected chi connectivity index (χ4v) is 5.35. The van der Waals surface area contributed by atoms with Gasteiger partial charge >= 0.3 is 0 Å². The summed E-state index contributed by atoms with van der Waals surface area (Å²) in [7, 11) is 3.27. The molecule has 2 aromatic heterocycles. The Hall–Kier alpha value is -4.36. The summed E-state index contributed by atoms with van der Waals surface area (Å²) in [4.78, 5) is 21.4. The van der Waals surface area contributed by atoms with E-state index in [1.807, 2.05) is 30.3 Å². The van der Waals surface area contributed by atoms with Gasteiger partial charge in [0.1, 0.15) is 16.9 Å². The van der Waals surface area contributed by atoms with Crippen molar-refractivity contribution in [3.8, 4) is 35.1 Å². The maximum absolute atomic E-state index is 11.8. The van der Waals surface area contributed by atoms with E-state index < -0.39 is 0 Å². The minimum atomic E-state index is -0.263. The molecule has 1 amide bonds. The van der Waals surface area contributed by atoms with Gasteiger partial charge in [0.05, 0.1) is 24.8 Å². The number of aromatic nitrogens is 2. The summed E-state index contributed by atoms with van der Waals surface area (Å²) in [5, 5.41) is 4.88. The van der Waals surface area contributed by atoms with E-state index >= 15 is 0 Å². The first-order valence-corrected chi connectivity index (χ1v) is 13.4. The van der Waals surface area contributed by atoms with E-state index in [9.17, 15) is 4.79 Å². The van der Waals surface area contributed by atoms with Crippen LogP contribution in [0.1, 0.15) is 12.5 Å². The number of fused-ring (bicyclic) bond motifs is 1. The Balaban J connectivity index is 1.38. The number of pyridine rings is 1. The van der Waals surface area contributed by atoms with Crippen molar-refractivity contribution in [2.75, 3.05) is 50.0 Å². The number of carbonyl (C=O) groups is 1. The molecule has 0 aliphatic carbocycles. The van der Waals surface area contributed by atoms with Gasteiger partial charge in [0, 0.05) is 43.5 Å². The second-order valence-corrected chi connectivity index (χ2v) is 9.79. The van der Waals surface area contributed by atoms with Crippen molar-refractivity contribution in [1.82, 2.24) is 15.0 Å². The predicted octanol–water partition coefficient (Wildman–Crippen LogP) is 4.87. The molecule has 1 aliphatic rings. The summed E-state index contributed by atoms with van der Waals surface area (Å²) in [6.07, 6.45) is 6.19. The lowest BCUT2D eigenvalue weighted by Gasteiger charge is -2.35. The number of carbonyl (C=O) groups excluding carboxylic acids is 1. The topological polar surface area (TPSA) is 93.0 Å². The number of benzene rings is 2. The van der Waals surface area contributed by atoms with Gasteiger partial charge < -0.3 is 28.5 Å². The van der Waals surface area contributed by atoms with E-state index in [1.54, 1.807) is 19.1 Å². The second-order valence-electron chi connectivity index (χ2n) is 8.94. The summed E-state index contributed by atoms with van der Waals surface area (Å²) in [5.74, 6) is 3.82. The first-order valence-electron chi connectivity index (χ1n) is 12.6. The summed E-state index contributed by atoms with van der Waals surface area (Å²) in [6, 6.07) is 16.1. The molecule has 0 radical (unpaired) electrons. The molecule has 2 aromatic carbocycles. The highest BCUT2D eigenvalue weighted by Crippen LogP contribution is 2.38. The number of hydrogen-bond acceptors (Lipinski definition) is 9. The summed E-state index contributed by atoms with van der Waals surface area (Å²) in [5.41, 5.74) is 4.24. The Kier molecular flexibility index (Phi) is 7.79. The number of nitrogens with zero attached hydrogens (tertiary/aromatic N) is 4. The number of anilines is 2. The average Bonchev–Trinajstić information content (AvgIpc) is 3.42. The first kappa shape index (κ1) is 26.3. The highest BCUT2D eigenvalue weighted by molar-refractivity contribution is 8.00. The third-order valence-electron chi connectivity index (χ3n) is 6.72. The van der Waals surface area contributed by atoms with Crippen LogP contribution in [0.15, 0.2) is 57.9 Å². The van der Waals surface area contributed by atoms with E-state index in [0.717, 1.165) is 28.3 Å². The molecule has 4 aromatic rings. The average molecular weight is 544 g/mol. The van der Waals surface area contributed by atoms with Gasteiger partial charge in [-0.25, -0.2) is 4.98 Å². The van der Waals surface area contributed by atoms with Crippen LogP contribution in [-0.4, -0.2) is 61.3 Å². The number of methoxy groups -OCH3 is 2. The molecule has 9 nitrogen and oxygen atoms in total. The van der Waals surface area contributed by atoms with Crippen LogP contribution in [0.5, 0.6) is 11.5 Å². The molecule has 1 aliphatic heterocycles. The molecule has 0 unspecified atom stereocenters. The Morgan fingerprint density at radius 2 is 1.90 bits per heavy atom. The molecule has 0 spiro atoms. The van der Waals surface area contributed by atoms with Crippen LogP contribution in [0.4, 0.5) is 11.5 Å². The molecule has 3 heterocycles. The van der Waals surface area contributed by atoms with Gasteiger partial charge in [-0.3, -0.25) is 4.79 Å². The fourth-order valence-electron chi connectivity index (χ4n) is 4.54. The molecular weight excluding hydrogens is 514 g/mol. The molecule has 1 saturated heterocycles. The first-order chi connectivity index (χ1) is 19.0. The zero-order valence-corrected chi connectivity index (χ0v) is 22.9. The molecule has 0 atom stereocenters. The highest BCUT2D eigenvalue weighted by atomic mass is 32.2. The van der Waals surface area contributed by atoms with Crippen molar-refractivity contribution in [2.24, 2.45) is 0 Å². The van der Waals surface area contributed by atoms with E-state index in [2.05, 4.69) is 45.8 Å². The Morgan fingerprint density at radius 3 is 2.62 bits per heavy atom. The van der Waals surface area contributed by atoms with Crippen molar-refractivity contribution in [2.45, 2.75) is 18.2 Å². The number of aryl methyl sites for hydroxylation is 1. The zero-order valence-electron chi connectivity index (χ0n) is 22.1. The lowest BCUT2D eigenvalue weighted by atomic mass is 10.1. The zero-order chi connectivity index (χ0) is 27.4. The van der Waals surface area contributed by atoms with Gasteiger partial charge in [-0.2, -0.15) is 0 Å². The SMILES string of the molecule is C#CC(=O)N1CCN(c2cccc(-c3cc(OC)c4c(NSc5cc(CC)ccc5OC)noc4n3)c2)CC1. The number of amides is 1. The summed E-state index contributed by atoms with van der Waals surface area (Å²) < 4.78 is 20.2. The van der Waals surface area contributed by atoms with Crippen LogP contribution in [0.2, 0.25) is 0 Å². The molecule has 5 rings (SSSR count).